The first-order valence-corrected chi connectivity index (χ1v) is 22.2. The summed E-state index contributed by atoms with van der Waals surface area (Å²) in [4.78, 5) is 13.9. The summed E-state index contributed by atoms with van der Waals surface area (Å²) < 4.78 is 6.98. The first kappa shape index (κ1) is 37.9. The summed E-state index contributed by atoms with van der Waals surface area (Å²) in [5, 5.41) is 16.4. The lowest BCUT2D eigenvalue weighted by molar-refractivity contribution is 1.16. The fourth-order valence-electron chi connectivity index (χ4n) is 10.0. The molecule has 0 N–H and O–H groups in total. The van der Waals surface area contributed by atoms with Gasteiger partial charge < -0.3 is 13.7 Å². The molecule has 0 fully saturated rings. The summed E-state index contributed by atoms with van der Waals surface area (Å²) in [5.41, 5.74) is 15.3. The van der Waals surface area contributed by atoms with Gasteiger partial charge in [-0.2, -0.15) is 5.26 Å². The summed E-state index contributed by atoms with van der Waals surface area (Å²) in [6.07, 6.45) is 0. The van der Waals surface area contributed by atoms with E-state index in [-0.39, 0.29) is 0 Å². The Morgan fingerprint density at radius 2 is 0.806 bits per heavy atom. The molecule has 4 aromatic heterocycles. The Morgan fingerprint density at radius 3 is 1.37 bits per heavy atom. The van der Waals surface area contributed by atoms with Gasteiger partial charge in [0.15, 0.2) is 11.5 Å². The van der Waals surface area contributed by atoms with E-state index < -0.39 is 0 Å². The van der Waals surface area contributed by atoms with E-state index >= 15 is 0 Å². The van der Waals surface area contributed by atoms with Crippen molar-refractivity contribution in [3.8, 4) is 57.0 Å². The van der Waals surface area contributed by atoms with Gasteiger partial charge in [0.25, 0.3) is 0 Å². The van der Waals surface area contributed by atoms with Gasteiger partial charge in [-0.15, -0.1) is 0 Å². The van der Waals surface area contributed by atoms with Crippen LogP contribution in [0.25, 0.3) is 121 Å². The van der Waals surface area contributed by atoms with E-state index in [1.807, 2.05) is 72.8 Å². The van der Waals surface area contributed by atoms with Crippen LogP contribution in [0.3, 0.4) is 0 Å². The third-order valence-electron chi connectivity index (χ3n) is 13.1. The first-order valence-electron chi connectivity index (χ1n) is 22.2. The summed E-state index contributed by atoms with van der Waals surface area (Å²) in [6, 6.07) is 75.8. The van der Waals surface area contributed by atoms with Crippen LogP contribution in [0, 0.1) is 17.9 Å². The normalized spacial score (nSPS) is 11.6. The maximum absolute atomic E-state index is 9.88. The highest BCUT2D eigenvalue weighted by Gasteiger charge is 2.20. The molecule has 0 saturated heterocycles. The van der Waals surface area contributed by atoms with Gasteiger partial charge in [0.05, 0.1) is 62.7 Å². The van der Waals surface area contributed by atoms with E-state index in [1.54, 1.807) is 0 Å². The zero-order chi connectivity index (χ0) is 44.6. The Balaban J connectivity index is 1.02. The van der Waals surface area contributed by atoms with E-state index in [0.29, 0.717) is 17.1 Å². The molecule has 0 aliphatic rings. The molecule has 0 amide bonds. The average molecular weight is 854 g/mol. The number of hydrogen-bond acceptors (Lipinski definition) is 3. The molecule has 13 aromatic rings. The van der Waals surface area contributed by atoms with Gasteiger partial charge in [0.2, 0.25) is 0 Å². The van der Waals surface area contributed by atoms with Crippen LogP contribution in [-0.2, 0) is 0 Å². The van der Waals surface area contributed by atoms with Crippen molar-refractivity contribution in [3.63, 3.8) is 0 Å². The number of benzene rings is 9. The topological polar surface area (TPSA) is 68.7 Å². The standard InChI is InChI=1S/C60H35N7/c1-62-42-23-29-57-49(33-42)48-32-38(37-61)20-28-56(48)67(57)45-27-31-59-51(35-45)50-34-44(66-54-18-10-8-16-46(54)47-17-9-11-19-55(47)66)26-30-58(50)65(59)43-24-21-40(22-25-43)53-36-52(39-12-4-2-5-13-39)63-60(64-53)41-14-6-3-7-15-41/h2-36H. The Bertz CT molecular complexity index is 4040. The van der Waals surface area contributed by atoms with Crippen molar-refractivity contribution in [1.82, 2.24) is 23.7 Å². The molecule has 0 aliphatic carbocycles. The van der Waals surface area contributed by atoms with Crippen molar-refractivity contribution < 1.29 is 0 Å². The highest BCUT2D eigenvalue weighted by atomic mass is 15.0. The first-order chi connectivity index (χ1) is 33.1. The zero-order valence-electron chi connectivity index (χ0n) is 35.8. The molecule has 0 atom stereocenters. The van der Waals surface area contributed by atoms with Gasteiger partial charge >= 0.3 is 0 Å². The van der Waals surface area contributed by atoms with Crippen LogP contribution in [0.1, 0.15) is 5.56 Å². The second-order valence-corrected chi connectivity index (χ2v) is 16.8. The molecule has 7 nitrogen and oxygen atoms in total. The predicted octanol–water partition coefficient (Wildman–Crippen LogP) is 15.2. The number of aromatic nitrogens is 5. The fraction of sp³-hybridized carbons (Fsp3) is 0. The summed E-state index contributed by atoms with van der Waals surface area (Å²) >= 11 is 0. The lowest BCUT2D eigenvalue weighted by Crippen LogP contribution is -1.98. The predicted molar refractivity (Wildman–Crippen MR) is 272 cm³/mol. The van der Waals surface area contributed by atoms with Crippen LogP contribution in [-0.4, -0.2) is 23.7 Å². The molecule has 310 valence electrons. The van der Waals surface area contributed by atoms with Crippen LogP contribution in [0.4, 0.5) is 5.69 Å². The third kappa shape index (κ3) is 6.04. The molecule has 0 spiro atoms. The van der Waals surface area contributed by atoms with Crippen molar-refractivity contribution in [2.75, 3.05) is 0 Å². The van der Waals surface area contributed by atoms with Gasteiger partial charge in [0, 0.05) is 60.7 Å². The van der Waals surface area contributed by atoms with Crippen LogP contribution in [0.2, 0.25) is 0 Å². The van der Waals surface area contributed by atoms with Crippen molar-refractivity contribution in [2.24, 2.45) is 0 Å². The molecule has 13 rings (SSSR count). The van der Waals surface area contributed by atoms with Crippen LogP contribution in [0.5, 0.6) is 0 Å². The van der Waals surface area contributed by atoms with Crippen LogP contribution in [0.15, 0.2) is 212 Å². The summed E-state index contributed by atoms with van der Waals surface area (Å²) in [6.45, 7) is 7.77. The number of fused-ring (bicyclic) bond motifs is 9. The highest BCUT2D eigenvalue weighted by molar-refractivity contribution is 6.14. The van der Waals surface area contributed by atoms with Crippen molar-refractivity contribution in [3.05, 3.63) is 229 Å². The number of para-hydroxylation sites is 2. The maximum Gasteiger partial charge on any atom is 0.188 e. The Hall–Kier alpha value is -9.56. The minimum absolute atomic E-state index is 0.559. The minimum atomic E-state index is 0.559. The lowest BCUT2D eigenvalue weighted by Gasteiger charge is -2.12. The number of nitrogens with zero attached hydrogens (tertiary/aromatic N) is 7. The molecule has 67 heavy (non-hydrogen) atoms. The summed E-state index contributed by atoms with van der Waals surface area (Å²) in [7, 11) is 0. The van der Waals surface area contributed by atoms with E-state index in [1.165, 1.54) is 10.8 Å². The summed E-state index contributed by atoms with van der Waals surface area (Å²) in [5.74, 6) is 0.680. The molecule has 0 aliphatic heterocycles. The SMILES string of the molecule is [C-]#[N+]c1ccc2c(c1)c1cc(C#N)ccc1n2-c1ccc2c(c1)c1cc(-n3c4ccccc4c4ccccc43)ccc1n2-c1ccc(-c2cc(-c3ccccc3)nc(-c3ccccc3)n2)cc1. The zero-order valence-corrected chi connectivity index (χ0v) is 35.8. The van der Waals surface area contributed by atoms with E-state index in [2.05, 4.69) is 164 Å². The van der Waals surface area contributed by atoms with Crippen LogP contribution < -0.4 is 0 Å². The molecule has 4 heterocycles. The van der Waals surface area contributed by atoms with Gasteiger partial charge in [-0.25, -0.2) is 14.8 Å². The van der Waals surface area contributed by atoms with Crippen molar-refractivity contribution >= 4 is 71.1 Å². The van der Waals surface area contributed by atoms with Crippen LogP contribution >= 0.6 is 0 Å². The smallest absolute Gasteiger partial charge is 0.188 e. The molecular weight excluding hydrogens is 819 g/mol. The lowest BCUT2D eigenvalue weighted by atomic mass is 10.1. The molecule has 7 heteroatoms. The number of nitriles is 1. The molecule has 9 aromatic carbocycles. The quantitative estimate of drug-likeness (QED) is 0.156. The van der Waals surface area contributed by atoms with Crippen molar-refractivity contribution in [2.45, 2.75) is 0 Å². The average Bonchev–Trinajstić information content (AvgIpc) is 4.03. The molecular formula is C60H35N7. The third-order valence-corrected chi connectivity index (χ3v) is 13.1. The second-order valence-electron chi connectivity index (χ2n) is 16.8. The van der Waals surface area contributed by atoms with Crippen molar-refractivity contribution in [1.29, 1.82) is 5.26 Å². The molecule has 0 unspecified atom stereocenters. The van der Waals surface area contributed by atoms with Gasteiger partial charge in [0.1, 0.15) is 0 Å². The fourth-order valence-corrected chi connectivity index (χ4v) is 10.0. The Labute approximate surface area is 384 Å². The van der Waals surface area contributed by atoms with Gasteiger partial charge in [-0.05, 0) is 102 Å². The molecule has 0 bridgehead atoms. The van der Waals surface area contributed by atoms with E-state index in [9.17, 15) is 5.26 Å². The Morgan fingerprint density at radius 1 is 0.373 bits per heavy atom. The molecule has 0 radical (unpaired) electrons. The largest absolute Gasteiger partial charge is 0.309 e. The molecule has 0 saturated carbocycles. The second kappa shape index (κ2) is 15.0. The highest BCUT2D eigenvalue weighted by Crippen LogP contribution is 2.41. The van der Waals surface area contributed by atoms with E-state index in [4.69, 9.17) is 16.5 Å². The minimum Gasteiger partial charge on any atom is -0.309 e. The van der Waals surface area contributed by atoms with E-state index in [0.717, 1.165) is 99.8 Å². The van der Waals surface area contributed by atoms with Gasteiger partial charge in [-0.1, -0.05) is 115 Å². The Kier molecular flexibility index (Phi) is 8.51. The number of rotatable bonds is 6. The monoisotopic (exact) mass is 853 g/mol. The van der Waals surface area contributed by atoms with Gasteiger partial charge in [-0.3, -0.25) is 0 Å². The number of hydrogen-bond donors (Lipinski definition) is 0. The maximum atomic E-state index is 9.88.